The van der Waals surface area contributed by atoms with E-state index in [9.17, 15) is 10.5 Å². The van der Waals surface area contributed by atoms with E-state index in [1.165, 1.54) is 17.3 Å². The topological polar surface area (TPSA) is 76.6 Å². The third kappa shape index (κ3) is 3.41. The molecular weight excluding hydrogens is 374 g/mol. The van der Waals surface area contributed by atoms with Crippen LogP contribution in [0.25, 0.3) is 6.08 Å². The van der Waals surface area contributed by atoms with E-state index < -0.39 is 0 Å². The molecule has 0 saturated heterocycles. The van der Waals surface area contributed by atoms with Crippen molar-refractivity contribution in [1.82, 2.24) is 9.97 Å². The van der Waals surface area contributed by atoms with Gasteiger partial charge < -0.3 is 4.90 Å². The Bertz CT molecular complexity index is 998. The van der Waals surface area contributed by atoms with Crippen molar-refractivity contribution in [2.45, 2.75) is 24.3 Å². The molecule has 0 unspecified atom stereocenters. The maximum atomic E-state index is 9.34. The number of benzene rings is 1. The van der Waals surface area contributed by atoms with Crippen LogP contribution in [0.5, 0.6) is 0 Å². The molecule has 0 fully saturated rings. The van der Waals surface area contributed by atoms with Crippen molar-refractivity contribution in [2.75, 3.05) is 23.5 Å². The molecule has 0 spiro atoms. The Balaban J connectivity index is 2.17. The van der Waals surface area contributed by atoms with Crippen LogP contribution in [0.2, 0.25) is 0 Å². The molecule has 0 radical (unpaired) electrons. The zero-order chi connectivity index (χ0) is 19.6. The number of hydrogen-bond acceptors (Lipinski definition) is 7. The fourth-order valence-corrected chi connectivity index (χ4v) is 4.29. The molecule has 0 N–H and O–H groups in total. The number of para-hydroxylation sites is 1. The molecule has 1 aromatic heterocycles. The van der Waals surface area contributed by atoms with Gasteiger partial charge in [-0.05, 0) is 23.5 Å². The molecule has 2 heterocycles. The molecular formula is C20H19N5S2. The molecule has 27 heavy (non-hydrogen) atoms. The summed E-state index contributed by atoms with van der Waals surface area (Å²) < 4.78 is 0. The number of nitrogens with zero attached hydrogens (tertiary/aromatic N) is 5. The van der Waals surface area contributed by atoms with Gasteiger partial charge in [-0.15, -0.1) is 11.8 Å². The van der Waals surface area contributed by atoms with E-state index in [1.807, 2.05) is 37.4 Å². The molecule has 3 rings (SSSR count). The second kappa shape index (κ2) is 7.64. The lowest BCUT2D eigenvalue weighted by molar-refractivity contribution is 0.644. The number of hydrogen-bond donors (Lipinski definition) is 1. The van der Waals surface area contributed by atoms with E-state index in [2.05, 4.69) is 53.5 Å². The van der Waals surface area contributed by atoms with Crippen LogP contribution < -0.4 is 4.90 Å². The van der Waals surface area contributed by atoms with Gasteiger partial charge in [-0.3, -0.25) is 0 Å². The number of anilines is 1. The first-order valence-electron chi connectivity index (χ1n) is 8.45. The monoisotopic (exact) mass is 393 g/mol. The van der Waals surface area contributed by atoms with E-state index >= 15 is 0 Å². The molecule has 1 aliphatic heterocycles. The summed E-state index contributed by atoms with van der Waals surface area (Å²) >= 11 is 5.75. The molecule has 2 aromatic rings. The van der Waals surface area contributed by atoms with Crippen LogP contribution in [0.1, 0.15) is 36.5 Å². The van der Waals surface area contributed by atoms with Gasteiger partial charge in [-0.25, -0.2) is 9.97 Å². The lowest BCUT2D eigenvalue weighted by Gasteiger charge is -2.24. The normalized spacial score (nSPS) is 16.1. The van der Waals surface area contributed by atoms with Crippen LogP contribution in [-0.2, 0) is 5.41 Å². The van der Waals surface area contributed by atoms with Gasteiger partial charge in [-0.1, -0.05) is 32.0 Å². The highest BCUT2D eigenvalue weighted by molar-refractivity contribution is 8.00. The zero-order valence-corrected chi connectivity index (χ0v) is 17.1. The van der Waals surface area contributed by atoms with Crippen molar-refractivity contribution in [2.24, 2.45) is 0 Å². The molecule has 1 aromatic carbocycles. The van der Waals surface area contributed by atoms with Crippen molar-refractivity contribution in [3.8, 4) is 12.1 Å². The molecule has 0 aliphatic carbocycles. The van der Waals surface area contributed by atoms with Crippen LogP contribution in [0, 0.1) is 22.7 Å². The number of rotatable bonds is 4. The van der Waals surface area contributed by atoms with Crippen molar-refractivity contribution < 1.29 is 0 Å². The smallest absolute Gasteiger partial charge is 0.178 e. The predicted octanol–water partition coefficient (Wildman–Crippen LogP) is 4.01. The number of fused-ring (bicyclic) bond motifs is 1. The van der Waals surface area contributed by atoms with Gasteiger partial charge in [0, 0.05) is 29.6 Å². The minimum Gasteiger partial charge on any atom is -0.347 e. The Morgan fingerprint density at radius 3 is 2.48 bits per heavy atom. The van der Waals surface area contributed by atoms with E-state index in [0.717, 1.165) is 17.1 Å². The molecule has 0 saturated carbocycles. The number of nitriles is 2. The number of likely N-dealkylation sites (N-methyl/N-ethyl adjacent to an activating group) is 1. The fraction of sp³-hybridized carbons (Fsp3) is 0.300. The highest BCUT2D eigenvalue weighted by Gasteiger charge is 2.38. The first kappa shape index (κ1) is 19.3. The first-order valence-corrected chi connectivity index (χ1v) is 10.1. The van der Waals surface area contributed by atoms with Crippen LogP contribution in [0.15, 0.2) is 35.0 Å². The third-order valence-electron chi connectivity index (χ3n) is 4.64. The largest absolute Gasteiger partial charge is 0.347 e. The van der Waals surface area contributed by atoms with Gasteiger partial charge >= 0.3 is 0 Å². The molecule has 0 amide bonds. The highest BCUT2D eigenvalue weighted by Crippen LogP contribution is 2.47. The molecule has 0 bridgehead atoms. The summed E-state index contributed by atoms with van der Waals surface area (Å²) in [5.74, 6) is 1.42. The number of thiol groups is 1. The quantitative estimate of drug-likeness (QED) is 0.625. The second-order valence-electron chi connectivity index (χ2n) is 6.64. The molecule has 7 heteroatoms. The molecule has 1 aliphatic rings. The standard InChI is InChI=1S/C20H19N5S2/c1-20(2)13-6-4-5-7-17(13)25(3)18(20)10-14-19(27-9-8-26)24-16(12-22)15(11-21)23-14/h4-7,10,26H,8-9H2,1-3H3/b18-10-. The summed E-state index contributed by atoms with van der Waals surface area (Å²) in [5.41, 5.74) is 3.98. The Morgan fingerprint density at radius 1 is 1.19 bits per heavy atom. The Kier molecular flexibility index (Phi) is 5.46. The predicted molar refractivity (Wildman–Crippen MR) is 112 cm³/mol. The average Bonchev–Trinajstić information content (AvgIpc) is 2.87. The van der Waals surface area contributed by atoms with E-state index in [1.54, 1.807) is 0 Å². The minimum atomic E-state index is -0.209. The molecule has 136 valence electrons. The van der Waals surface area contributed by atoms with Gasteiger partial charge in [0.2, 0.25) is 0 Å². The molecule has 0 atom stereocenters. The van der Waals surface area contributed by atoms with Gasteiger partial charge in [0.1, 0.15) is 17.2 Å². The lowest BCUT2D eigenvalue weighted by atomic mass is 9.83. The summed E-state index contributed by atoms with van der Waals surface area (Å²) in [6.45, 7) is 4.34. The summed E-state index contributed by atoms with van der Waals surface area (Å²) in [6, 6.07) is 12.2. The lowest BCUT2D eigenvalue weighted by Crippen LogP contribution is -2.23. The maximum Gasteiger partial charge on any atom is 0.178 e. The van der Waals surface area contributed by atoms with E-state index in [-0.39, 0.29) is 16.8 Å². The first-order chi connectivity index (χ1) is 12.9. The number of aromatic nitrogens is 2. The number of thioether (sulfide) groups is 1. The fourth-order valence-electron chi connectivity index (χ4n) is 3.32. The summed E-state index contributed by atoms with van der Waals surface area (Å²) in [4.78, 5) is 11.0. The Labute approximate surface area is 169 Å². The van der Waals surface area contributed by atoms with Gasteiger partial charge in [0.25, 0.3) is 0 Å². The van der Waals surface area contributed by atoms with Crippen LogP contribution in [-0.4, -0.2) is 28.5 Å². The summed E-state index contributed by atoms with van der Waals surface area (Å²) in [5, 5.41) is 19.3. The van der Waals surface area contributed by atoms with Crippen molar-refractivity contribution in [3.63, 3.8) is 0 Å². The zero-order valence-electron chi connectivity index (χ0n) is 15.4. The van der Waals surface area contributed by atoms with Crippen LogP contribution in [0.3, 0.4) is 0 Å². The second-order valence-corrected chi connectivity index (χ2v) is 8.17. The SMILES string of the molecule is CN1/C(=C\c2nc(C#N)c(C#N)nc2SCCS)C(C)(C)c2ccccc21. The summed E-state index contributed by atoms with van der Waals surface area (Å²) in [6.07, 6.45) is 1.98. The van der Waals surface area contributed by atoms with Crippen molar-refractivity contribution >= 4 is 36.2 Å². The van der Waals surface area contributed by atoms with Gasteiger partial charge in [-0.2, -0.15) is 23.2 Å². The number of allylic oxidation sites excluding steroid dienone is 1. The average molecular weight is 394 g/mol. The van der Waals surface area contributed by atoms with E-state index in [0.29, 0.717) is 16.5 Å². The maximum absolute atomic E-state index is 9.34. The Morgan fingerprint density at radius 2 is 1.85 bits per heavy atom. The van der Waals surface area contributed by atoms with Crippen molar-refractivity contribution in [3.05, 3.63) is 52.6 Å². The van der Waals surface area contributed by atoms with Crippen molar-refractivity contribution in [1.29, 1.82) is 10.5 Å². The third-order valence-corrected chi connectivity index (χ3v) is 6.15. The minimum absolute atomic E-state index is 0.0514. The molecule has 5 nitrogen and oxygen atoms in total. The van der Waals surface area contributed by atoms with Gasteiger partial charge in [0.15, 0.2) is 11.4 Å². The van der Waals surface area contributed by atoms with Crippen LogP contribution >= 0.6 is 24.4 Å². The summed E-state index contributed by atoms with van der Waals surface area (Å²) in [7, 11) is 2.03. The Hall–Kier alpha value is -2.48. The van der Waals surface area contributed by atoms with E-state index in [4.69, 9.17) is 0 Å². The van der Waals surface area contributed by atoms with Crippen LogP contribution in [0.4, 0.5) is 5.69 Å². The van der Waals surface area contributed by atoms with Gasteiger partial charge in [0.05, 0.1) is 5.69 Å². The highest BCUT2D eigenvalue weighted by atomic mass is 32.2.